The summed E-state index contributed by atoms with van der Waals surface area (Å²) in [5.41, 5.74) is 1.37. The number of pyridine rings is 1. The van der Waals surface area contributed by atoms with Crippen LogP contribution in [0.4, 0.5) is 5.69 Å². The largest absolute Gasteiger partial charge is 0.469 e. The maximum absolute atomic E-state index is 12.4. The number of carbonyl (C=O) groups excluding carboxylic acids is 1. The SMILES string of the molecule is Cc1occc1-c1nnc(SCC(=O)Nc2cccnc2Cl)n1CC1CCCO1. The second-order valence-electron chi connectivity index (χ2n) is 6.62. The van der Waals surface area contributed by atoms with Crippen molar-refractivity contribution >= 4 is 35.0 Å². The molecule has 8 nitrogen and oxygen atoms in total. The summed E-state index contributed by atoms with van der Waals surface area (Å²) in [6, 6.07) is 5.29. The first-order valence-electron chi connectivity index (χ1n) is 9.24. The van der Waals surface area contributed by atoms with Crippen LogP contribution in [0.15, 0.2) is 40.2 Å². The number of thioether (sulfide) groups is 1. The van der Waals surface area contributed by atoms with Gasteiger partial charge in [0.2, 0.25) is 5.91 Å². The molecule has 1 fully saturated rings. The fourth-order valence-corrected chi connectivity index (χ4v) is 4.08. The topological polar surface area (TPSA) is 95.1 Å². The number of anilines is 1. The lowest BCUT2D eigenvalue weighted by Crippen LogP contribution is -2.18. The van der Waals surface area contributed by atoms with E-state index in [4.69, 9.17) is 20.8 Å². The van der Waals surface area contributed by atoms with Gasteiger partial charge >= 0.3 is 0 Å². The number of amides is 1. The Hall–Kier alpha value is -2.36. The first kappa shape index (κ1) is 19.9. The highest BCUT2D eigenvalue weighted by molar-refractivity contribution is 7.99. The molecule has 1 aliphatic rings. The molecule has 3 aromatic rings. The van der Waals surface area contributed by atoms with Crippen LogP contribution in [0.3, 0.4) is 0 Å². The van der Waals surface area contributed by atoms with Crippen molar-refractivity contribution in [3.63, 3.8) is 0 Å². The highest BCUT2D eigenvalue weighted by Crippen LogP contribution is 2.29. The van der Waals surface area contributed by atoms with Crippen molar-refractivity contribution in [3.8, 4) is 11.4 Å². The Morgan fingerprint density at radius 1 is 1.41 bits per heavy atom. The van der Waals surface area contributed by atoms with Gasteiger partial charge in [0.05, 0.1) is 35.9 Å². The van der Waals surface area contributed by atoms with Crippen LogP contribution in [0.25, 0.3) is 11.4 Å². The standard InChI is InChI=1S/C19H20ClN5O3S/c1-12-14(6-9-27-12)18-23-24-19(25(18)10-13-4-3-8-28-13)29-11-16(26)22-15-5-2-7-21-17(15)20/h2,5-7,9,13H,3-4,8,10-11H2,1H3,(H,22,26). The molecule has 0 bridgehead atoms. The summed E-state index contributed by atoms with van der Waals surface area (Å²) in [5, 5.41) is 12.3. The average molecular weight is 434 g/mol. The second-order valence-corrected chi connectivity index (χ2v) is 7.92. The number of aromatic nitrogens is 4. The minimum Gasteiger partial charge on any atom is -0.469 e. The van der Waals surface area contributed by atoms with Gasteiger partial charge in [0.25, 0.3) is 0 Å². The molecule has 0 aliphatic carbocycles. The minimum atomic E-state index is -0.197. The van der Waals surface area contributed by atoms with E-state index in [9.17, 15) is 4.79 Å². The molecule has 152 valence electrons. The first-order chi connectivity index (χ1) is 14.1. The van der Waals surface area contributed by atoms with E-state index in [0.717, 1.165) is 30.8 Å². The minimum absolute atomic E-state index is 0.110. The molecule has 1 N–H and O–H groups in total. The Kier molecular flexibility index (Phi) is 6.17. The summed E-state index contributed by atoms with van der Waals surface area (Å²) < 4.78 is 13.2. The highest BCUT2D eigenvalue weighted by atomic mass is 35.5. The van der Waals surface area contributed by atoms with E-state index in [-0.39, 0.29) is 22.9 Å². The average Bonchev–Trinajstić information content (AvgIpc) is 3.44. The Morgan fingerprint density at radius 2 is 2.31 bits per heavy atom. The van der Waals surface area contributed by atoms with Crippen molar-refractivity contribution in [1.29, 1.82) is 0 Å². The van der Waals surface area contributed by atoms with Crippen LogP contribution in [0.1, 0.15) is 18.6 Å². The molecule has 0 aromatic carbocycles. The second kappa shape index (κ2) is 8.98. The molecule has 0 radical (unpaired) electrons. The predicted molar refractivity (Wildman–Crippen MR) is 110 cm³/mol. The zero-order valence-electron chi connectivity index (χ0n) is 15.8. The number of hydrogen-bond acceptors (Lipinski definition) is 7. The third kappa shape index (κ3) is 4.63. The number of aryl methyl sites for hydroxylation is 1. The smallest absolute Gasteiger partial charge is 0.234 e. The van der Waals surface area contributed by atoms with Gasteiger partial charge in [0.1, 0.15) is 5.76 Å². The van der Waals surface area contributed by atoms with Crippen LogP contribution in [0.2, 0.25) is 5.15 Å². The summed E-state index contributed by atoms with van der Waals surface area (Å²) in [6.07, 6.45) is 5.35. The van der Waals surface area contributed by atoms with Crippen molar-refractivity contribution in [2.24, 2.45) is 0 Å². The molecule has 1 aliphatic heterocycles. The van der Waals surface area contributed by atoms with E-state index in [1.165, 1.54) is 11.8 Å². The molecule has 4 rings (SSSR count). The monoisotopic (exact) mass is 433 g/mol. The van der Waals surface area contributed by atoms with Crippen molar-refractivity contribution in [3.05, 3.63) is 41.6 Å². The number of nitrogens with one attached hydrogen (secondary N) is 1. The predicted octanol–water partition coefficient (Wildman–Crippen LogP) is 3.80. The van der Waals surface area contributed by atoms with Crippen molar-refractivity contribution in [1.82, 2.24) is 19.7 Å². The van der Waals surface area contributed by atoms with E-state index >= 15 is 0 Å². The van der Waals surface area contributed by atoms with Gasteiger partial charge in [0, 0.05) is 12.8 Å². The Morgan fingerprint density at radius 3 is 3.03 bits per heavy atom. The van der Waals surface area contributed by atoms with E-state index < -0.39 is 0 Å². The molecular weight excluding hydrogens is 414 g/mol. The van der Waals surface area contributed by atoms with E-state index in [2.05, 4.69) is 20.5 Å². The van der Waals surface area contributed by atoms with Crippen LogP contribution < -0.4 is 5.32 Å². The number of ether oxygens (including phenoxy) is 1. The highest BCUT2D eigenvalue weighted by Gasteiger charge is 2.23. The summed E-state index contributed by atoms with van der Waals surface area (Å²) in [6.45, 7) is 3.28. The summed E-state index contributed by atoms with van der Waals surface area (Å²) in [5.74, 6) is 1.45. The summed E-state index contributed by atoms with van der Waals surface area (Å²) in [4.78, 5) is 16.3. The lowest BCUT2D eigenvalue weighted by molar-refractivity contribution is -0.113. The van der Waals surface area contributed by atoms with Gasteiger partial charge in [0.15, 0.2) is 16.1 Å². The molecule has 10 heteroatoms. The molecule has 0 spiro atoms. The molecule has 1 atom stereocenters. The zero-order valence-corrected chi connectivity index (χ0v) is 17.4. The van der Waals surface area contributed by atoms with Crippen molar-refractivity contribution in [2.75, 3.05) is 17.7 Å². The van der Waals surface area contributed by atoms with Gasteiger partial charge in [-0.05, 0) is 38.0 Å². The van der Waals surface area contributed by atoms with Crippen molar-refractivity contribution < 1.29 is 13.9 Å². The van der Waals surface area contributed by atoms with Gasteiger partial charge in [-0.3, -0.25) is 9.36 Å². The Balaban J connectivity index is 1.50. The van der Waals surface area contributed by atoms with Crippen LogP contribution in [0.5, 0.6) is 0 Å². The van der Waals surface area contributed by atoms with E-state index in [1.807, 2.05) is 17.6 Å². The summed E-state index contributed by atoms with van der Waals surface area (Å²) >= 11 is 7.31. The molecule has 1 amide bonds. The molecule has 1 saturated heterocycles. The van der Waals surface area contributed by atoms with Crippen molar-refractivity contribution in [2.45, 2.75) is 37.6 Å². The van der Waals surface area contributed by atoms with Crippen LogP contribution in [-0.2, 0) is 16.1 Å². The molecule has 4 heterocycles. The quantitative estimate of drug-likeness (QED) is 0.447. The van der Waals surface area contributed by atoms with E-state index in [0.29, 0.717) is 23.2 Å². The Bertz CT molecular complexity index is 999. The van der Waals surface area contributed by atoms with Gasteiger partial charge in [-0.25, -0.2) is 4.98 Å². The number of carbonyl (C=O) groups is 1. The van der Waals surface area contributed by atoms with Crippen LogP contribution >= 0.6 is 23.4 Å². The number of hydrogen-bond donors (Lipinski definition) is 1. The maximum Gasteiger partial charge on any atom is 0.234 e. The normalized spacial score (nSPS) is 16.3. The lowest BCUT2D eigenvalue weighted by atomic mass is 10.2. The zero-order chi connectivity index (χ0) is 20.2. The number of nitrogens with zero attached hydrogens (tertiary/aromatic N) is 4. The molecule has 3 aromatic heterocycles. The van der Waals surface area contributed by atoms with Crippen LogP contribution in [0, 0.1) is 6.92 Å². The fourth-order valence-electron chi connectivity index (χ4n) is 3.16. The Labute approximate surface area is 177 Å². The summed E-state index contributed by atoms with van der Waals surface area (Å²) in [7, 11) is 0. The lowest BCUT2D eigenvalue weighted by Gasteiger charge is -2.14. The fraction of sp³-hybridized carbons (Fsp3) is 0.368. The number of rotatable bonds is 7. The van der Waals surface area contributed by atoms with Gasteiger partial charge in [-0.1, -0.05) is 23.4 Å². The van der Waals surface area contributed by atoms with Crippen LogP contribution in [-0.4, -0.2) is 44.1 Å². The van der Waals surface area contributed by atoms with Gasteiger partial charge in [-0.2, -0.15) is 0 Å². The molecule has 0 saturated carbocycles. The third-order valence-electron chi connectivity index (χ3n) is 4.59. The van der Waals surface area contributed by atoms with Gasteiger partial charge in [-0.15, -0.1) is 10.2 Å². The number of halogens is 1. The van der Waals surface area contributed by atoms with Gasteiger partial charge < -0.3 is 14.5 Å². The van der Waals surface area contributed by atoms with E-state index in [1.54, 1.807) is 24.6 Å². The maximum atomic E-state index is 12.4. The molecule has 1 unspecified atom stereocenters. The molecule has 29 heavy (non-hydrogen) atoms. The molecular formula is C19H20ClN5O3S. The first-order valence-corrected chi connectivity index (χ1v) is 10.6. The third-order valence-corrected chi connectivity index (χ3v) is 5.86. The number of furan rings is 1.